The molecule has 0 radical (unpaired) electrons. The molecule has 0 spiro atoms. The summed E-state index contributed by atoms with van der Waals surface area (Å²) in [6.07, 6.45) is 1.93. The van der Waals surface area contributed by atoms with Gasteiger partial charge in [-0.05, 0) is 54.1 Å². The summed E-state index contributed by atoms with van der Waals surface area (Å²) in [5.41, 5.74) is 5.14. The number of thiazole rings is 1. The Hall–Kier alpha value is -3.15. The van der Waals surface area contributed by atoms with Gasteiger partial charge in [-0.2, -0.15) is 4.98 Å². The standard InChI is InChI=1S/C23H16ClN3OS/c1-13-6-8-15(24)12-20(13)26-23-27-22(28)21(29-23)11-14-7-9-19-17(10-14)16-4-2-3-5-18(16)25-19/h2-12,28H,1H3,(H,26,27). The summed E-state index contributed by atoms with van der Waals surface area (Å²) in [6.45, 7) is 1.99. The maximum atomic E-state index is 10.3. The first-order valence-corrected chi connectivity index (χ1v) is 10.3. The van der Waals surface area contributed by atoms with E-state index < -0.39 is 0 Å². The highest BCUT2D eigenvalue weighted by atomic mass is 35.5. The van der Waals surface area contributed by atoms with Crippen molar-refractivity contribution < 1.29 is 5.11 Å². The number of nitrogens with zero attached hydrogens (tertiary/aromatic N) is 2. The Kier molecular flexibility index (Phi) is 4.34. The van der Waals surface area contributed by atoms with Crippen LogP contribution >= 0.6 is 22.9 Å². The summed E-state index contributed by atoms with van der Waals surface area (Å²) in [6, 6.07) is 19.8. The summed E-state index contributed by atoms with van der Waals surface area (Å²) in [5.74, 6) is 0.00256. The Morgan fingerprint density at radius 3 is 2.79 bits per heavy atom. The largest absolute Gasteiger partial charge is 0.492 e. The van der Waals surface area contributed by atoms with Crippen LogP contribution in [0.4, 0.5) is 16.5 Å². The smallest absolute Gasteiger partial charge is 0.231 e. The minimum absolute atomic E-state index is 0.00256. The van der Waals surface area contributed by atoms with E-state index in [9.17, 15) is 5.11 Å². The van der Waals surface area contributed by atoms with Crippen LogP contribution in [0.2, 0.25) is 5.02 Å². The van der Waals surface area contributed by atoms with Crippen molar-refractivity contribution in [2.75, 3.05) is 5.32 Å². The average Bonchev–Trinajstić information content (AvgIpc) is 3.24. The van der Waals surface area contributed by atoms with E-state index in [-0.39, 0.29) is 5.88 Å². The molecule has 5 rings (SSSR count). The first-order chi connectivity index (χ1) is 14.1. The van der Waals surface area contributed by atoms with E-state index in [1.165, 1.54) is 11.3 Å². The fourth-order valence-electron chi connectivity index (χ4n) is 3.35. The third-order valence-electron chi connectivity index (χ3n) is 4.83. The average molecular weight is 418 g/mol. The molecule has 2 heterocycles. The number of hydrogen-bond acceptors (Lipinski definition) is 5. The Balaban J connectivity index is 1.50. The lowest BCUT2D eigenvalue weighted by atomic mass is 10.0. The van der Waals surface area contributed by atoms with Gasteiger partial charge in [-0.25, -0.2) is 4.99 Å². The molecule has 0 saturated heterocycles. The highest BCUT2D eigenvalue weighted by Crippen LogP contribution is 2.33. The highest BCUT2D eigenvalue weighted by Gasteiger charge is 2.13. The molecule has 2 N–H and O–H groups in total. The van der Waals surface area contributed by atoms with Gasteiger partial charge in [0.05, 0.1) is 15.9 Å². The van der Waals surface area contributed by atoms with E-state index in [4.69, 9.17) is 11.6 Å². The number of benzene rings is 3. The van der Waals surface area contributed by atoms with Crippen molar-refractivity contribution in [1.29, 1.82) is 0 Å². The van der Waals surface area contributed by atoms with Crippen LogP contribution in [0.1, 0.15) is 10.4 Å². The van der Waals surface area contributed by atoms with Crippen molar-refractivity contribution in [3.8, 4) is 17.0 Å². The minimum atomic E-state index is 0.00256. The molecule has 0 atom stereocenters. The van der Waals surface area contributed by atoms with E-state index in [2.05, 4.69) is 27.4 Å². The van der Waals surface area contributed by atoms with Crippen LogP contribution in [0.3, 0.4) is 0 Å². The van der Waals surface area contributed by atoms with Crippen molar-refractivity contribution in [3.63, 3.8) is 0 Å². The summed E-state index contributed by atoms with van der Waals surface area (Å²) in [4.78, 5) is 9.59. The van der Waals surface area contributed by atoms with Crippen LogP contribution in [-0.2, 0) is 0 Å². The van der Waals surface area contributed by atoms with Gasteiger partial charge in [0.25, 0.3) is 0 Å². The summed E-state index contributed by atoms with van der Waals surface area (Å²) in [5, 5.41) is 16.8. The number of para-hydroxylation sites is 1. The number of nitrogens with one attached hydrogen (secondary N) is 1. The van der Waals surface area contributed by atoms with Crippen LogP contribution in [0.15, 0.2) is 65.7 Å². The summed E-state index contributed by atoms with van der Waals surface area (Å²) < 4.78 is 0. The zero-order valence-electron chi connectivity index (χ0n) is 15.5. The fraction of sp³-hybridized carbons (Fsp3) is 0.0435. The molecule has 3 aromatic carbocycles. The van der Waals surface area contributed by atoms with Gasteiger partial charge in [0, 0.05) is 21.8 Å². The normalized spacial score (nSPS) is 12.4. The van der Waals surface area contributed by atoms with Crippen molar-refractivity contribution in [2.24, 2.45) is 4.99 Å². The number of aryl methyl sites for hydroxylation is 1. The van der Waals surface area contributed by atoms with Gasteiger partial charge < -0.3 is 10.4 Å². The van der Waals surface area contributed by atoms with Gasteiger partial charge in [0.15, 0.2) is 5.13 Å². The number of hydrogen-bond donors (Lipinski definition) is 2. The number of fused-ring (bicyclic) bond motifs is 3. The predicted molar refractivity (Wildman–Crippen MR) is 119 cm³/mol. The minimum Gasteiger partial charge on any atom is -0.492 e. The summed E-state index contributed by atoms with van der Waals surface area (Å²) >= 11 is 7.48. The quantitative estimate of drug-likeness (QED) is 0.418. The molecule has 142 valence electrons. The van der Waals surface area contributed by atoms with Crippen LogP contribution in [0.5, 0.6) is 5.88 Å². The van der Waals surface area contributed by atoms with Gasteiger partial charge in [0.2, 0.25) is 5.88 Å². The molecule has 4 nitrogen and oxygen atoms in total. The molecule has 0 fully saturated rings. The molecular formula is C23H16ClN3OS. The lowest BCUT2D eigenvalue weighted by molar-refractivity contribution is 0.457. The second-order valence-electron chi connectivity index (χ2n) is 6.84. The zero-order valence-corrected chi connectivity index (χ0v) is 17.1. The van der Waals surface area contributed by atoms with Gasteiger partial charge in [-0.15, -0.1) is 0 Å². The van der Waals surface area contributed by atoms with Gasteiger partial charge in [-0.1, -0.05) is 53.3 Å². The van der Waals surface area contributed by atoms with Crippen LogP contribution in [0.25, 0.3) is 17.2 Å². The van der Waals surface area contributed by atoms with Crippen molar-refractivity contribution in [2.45, 2.75) is 6.92 Å². The zero-order chi connectivity index (χ0) is 20.0. The van der Waals surface area contributed by atoms with Gasteiger partial charge in [0.1, 0.15) is 0 Å². The Bertz CT molecular complexity index is 1380. The van der Waals surface area contributed by atoms with Crippen molar-refractivity contribution >= 4 is 45.5 Å². The Labute approximate surface area is 176 Å². The SMILES string of the molecule is Cc1ccc(Cl)cc1Nc1nc(O)c(C=c2ccc3c(c2)-c2ccccc2N=3)s1. The van der Waals surface area contributed by atoms with Gasteiger partial charge in [-0.3, -0.25) is 0 Å². The Morgan fingerprint density at radius 1 is 1.03 bits per heavy atom. The van der Waals surface area contributed by atoms with Crippen LogP contribution in [0, 0.1) is 6.92 Å². The molecule has 1 aromatic heterocycles. The first kappa shape index (κ1) is 17.9. The molecule has 1 aliphatic heterocycles. The topological polar surface area (TPSA) is 57.5 Å². The number of aromatic hydroxyl groups is 1. The van der Waals surface area contributed by atoms with Crippen molar-refractivity contribution in [1.82, 2.24) is 4.98 Å². The Morgan fingerprint density at radius 2 is 1.90 bits per heavy atom. The van der Waals surface area contributed by atoms with E-state index in [0.29, 0.717) is 15.0 Å². The lowest BCUT2D eigenvalue weighted by Crippen LogP contribution is -2.09. The molecule has 0 aliphatic carbocycles. The first-order valence-electron chi connectivity index (χ1n) is 9.10. The molecule has 0 saturated carbocycles. The number of anilines is 2. The molecule has 1 aliphatic rings. The van der Waals surface area contributed by atoms with E-state index in [0.717, 1.165) is 38.6 Å². The second-order valence-corrected chi connectivity index (χ2v) is 8.31. The van der Waals surface area contributed by atoms with Crippen molar-refractivity contribution in [3.05, 3.63) is 86.7 Å². The highest BCUT2D eigenvalue weighted by molar-refractivity contribution is 7.16. The fourth-order valence-corrected chi connectivity index (χ4v) is 4.36. The monoisotopic (exact) mass is 417 g/mol. The van der Waals surface area contributed by atoms with E-state index in [1.807, 2.05) is 61.5 Å². The maximum absolute atomic E-state index is 10.3. The maximum Gasteiger partial charge on any atom is 0.231 e. The number of aromatic nitrogens is 1. The predicted octanol–water partition coefficient (Wildman–Crippen LogP) is 5.31. The third kappa shape index (κ3) is 3.39. The number of rotatable bonds is 3. The van der Waals surface area contributed by atoms with Crippen LogP contribution in [-0.4, -0.2) is 10.1 Å². The molecule has 0 bridgehead atoms. The summed E-state index contributed by atoms with van der Waals surface area (Å²) in [7, 11) is 0. The third-order valence-corrected chi connectivity index (χ3v) is 5.97. The molecule has 29 heavy (non-hydrogen) atoms. The van der Waals surface area contributed by atoms with E-state index >= 15 is 0 Å². The second kappa shape index (κ2) is 7.03. The van der Waals surface area contributed by atoms with Crippen LogP contribution < -0.4 is 15.9 Å². The molecule has 6 heteroatoms. The van der Waals surface area contributed by atoms with Gasteiger partial charge >= 0.3 is 0 Å². The molecular weight excluding hydrogens is 402 g/mol. The molecule has 4 aromatic rings. The van der Waals surface area contributed by atoms with E-state index in [1.54, 1.807) is 0 Å². The molecule has 0 unspecified atom stereocenters. The number of halogens is 1. The molecule has 0 amide bonds. The lowest BCUT2D eigenvalue weighted by Gasteiger charge is -2.06.